The number of carbonyl (C=O) groups excluding carboxylic acids is 1. The van der Waals surface area contributed by atoms with Crippen LogP contribution in [0, 0.1) is 0 Å². The molecule has 0 aliphatic carbocycles. The molecule has 5 nitrogen and oxygen atoms in total. The SMILES string of the molecule is CC/C=C(/NCC(C)=O)c1ccc(CC(N)C(=O)O)cc1. The smallest absolute Gasteiger partial charge is 0.320 e. The molecule has 0 amide bonds. The number of nitrogens with one attached hydrogen (secondary N) is 1. The van der Waals surface area contributed by atoms with Gasteiger partial charge in [0.25, 0.3) is 0 Å². The van der Waals surface area contributed by atoms with E-state index >= 15 is 0 Å². The van der Waals surface area contributed by atoms with Crippen molar-refractivity contribution < 1.29 is 14.7 Å². The average molecular weight is 290 g/mol. The van der Waals surface area contributed by atoms with Crippen LogP contribution in [0.4, 0.5) is 0 Å². The van der Waals surface area contributed by atoms with E-state index in [0.717, 1.165) is 23.2 Å². The maximum atomic E-state index is 11.1. The molecule has 4 N–H and O–H groups in total. The fourth-order valence-corrected chi connectivity index (χ4v) is 1.88. The third-order valence-corrected chi connectivity index (χ3v) is 2.97. The number of rotatable bonds is 8. The van der Waals surface area contributed by atoms with Crippen molar-refractivity contribution in [2.45, 2.75) is 32.7 Å². The third kappa shape index (κ3) is 5.79. The van der Waals surface area contributed by atoms with E-state index in [1.165, 1.54) is 6.92 Å². The molecule has 0 heterocycles. The number of aliphatic carboxylic acids is 1. The van der Waals surface area contributed by atoms with Gasteiger partial charge in [0.2, 0.25) is 0 Å². The number of carbonyl (C=O) groups is 2. The molecular weight excluding hydrogens is 268 g/mol. The predicted molar refractivity (Wildman–Crippen MR) is 82.7 cm³/mol. The number of hydrogen-bond donors (Lipinski definition) is 3. The summed E-state index contributed by atoms with van der Waals surface area (Å²) in [4.78, 5) is 21.8. The lowest BCUT2D eigenvalue weighted by Crippen LogP contribution is -2.32. The Morgan fingerprint density at radius 3 is 2.43 bits per heavy atom. The number of benzene rings is 1. The van der Waals surface area contributed by atoms with Crippen molar-refractivity contribution in [2.75, 3.05) is 6.54 Å². The van der Waals surface area contributed by atoms with E-state index in [1.54, 1.807) is 0 Å². The number of Topliss-reactive ketones (excluding diaryl/α,β-unsaturated/α-hetero) is 1. The first-order valence-corrected chi connectivity index (χ1v) is 6.95. The van der Waals surface area contributed by atoms with Crippen molar-refractivity contribution >= 4 is 17.4 Å². The molecular formula is C16H22N2O3. The van der Waals surface area contributed by atoms with Crippen molar-refractivity contribution in [3.63, 3.8) is 0 Å². The molecule has 0 spiro atoms. The number of ketones is 1. The topological polar surface area (TPSA) is 92.4 Å². The largest absolute Gasteiger partial charge is 0.480 e. The van der Waals surface area contributed by atoms with Gasteiger partial charge in [0.05, 0.1) is 6.54 Å². The molecule has 0 saturated carbocycles. The van der Waals surface area contributed by atoms with Gasteiger partial charge in [-0.2, -0.15) is 0 Å². The lowest BCUT2D eigenvalue weighted by molar-refractivity contribution is -0.138. The minimum atomic E-state index is -1.01. The molecule has 0 aliphatic rings. The van der Waals surface area contributed by atoms with Crippen LogP contribution >= 0.6 is 0 Å². The Balaban J connectivity index is 2.80. The molecule has 1 rings (SSSR count). The number of allylic oxidation sites excluding steroid dienone is 1. The predicted octanol–water partition coefficient (Wildman–Crippen LogP) is 1.57. The highest BCUT2D eigenvalue weighted by atomic mass is 16.4. The van der Waals surface area contributed by atoms with Gasteiger partial charge in [0, 0.05) is 5.70 Å². The van der Waals surface area contributed by atoms with Gasteiger partial charge >= 0.3 is 5.97 Å². The van der Waals surface area contributed by atoms with Gasteiger partial charge in [-0.15, -0.1) is 0 Å². The van der Waals surface area contributed by atoms with Gasteiger partial charge in [-0.05, 0) is 30.9 Å². The van der Waals surface area contributed by atoms with E-state index in [0.29, 0.717) is 6.42 Å². The quantitative estimate of drug-likeness (QED) is 0.676. The van der Waals surface area contributed by atoms with Crippen LogP contribution in [0.25, 0.3) is 5.70 Å². The Morgan fingerprint density at radius 2 is 1.95 bits per heavy atom. The summed E-state index contributed by atoms with van der Waals surface area (Å²) < 4.78 is 0. The number of carboxylic acids is 1. The Bertz CT molecular complexity index is 521. The number of hydrogen-bond acceptors (Lipinski definition) is 4. The second kappa shape index (κ2) is 8.21. The minimum Gasteiger partial charge on any atom is -0.480 e. The third-order valence-electron chi connectivity index (χ3n) is 2.97. The van der Waals surface area contributed by atoms with Crippen LogP contribution in [-0.4, -0.2) is 29.4 Å². The van der Waals surface area contributed by atoms with Gasteiger partial charge in [-0.3, -0.25) is 9.59 Å². The van der Waals surface area contributed by atoms with Crippen LogP contribution in [0.1, 0.15) is 31.4 Å². The molecule has 1 unspecified atom stereocenters. The van der Waals surface area contributed by atoms with Gasteiger partial charge in [0.1, 0.15) is 11.8 Å². The van der Waals surface area contributed by atoms with E-state index in [-0.39, 0.29) is 12.3 Å². The number of carboxylic acid groups (broad SMARTS) is 1. The Labute approximate surface area is 124 Å². The van der Waals surface area contributed by atoms with E-state index in [2.05, 4.69) is 5.32 Å². The van der Waals surface area contributed by atoms with Crippen LogP contribution in [0.3, 0.4) is 0 Å². The molecule has 0 bridgehead atoms. The zero-order valence-electron chi connectivity index (χ0n) is 12.4. The van der Waals surface area contributed by atoms with Crippen molar-refractivity contribution in [1.82, 2.24) is 5.32 Å². The molecule has 1 aromatic rings. The van der Waals surface area contributed by atoms with E-state index in [9.17, 15) is 9.59 Å². The molecule has 0 saturated heterocycles. The second-order valence-corrected chi connectivity index (χ2v) is 4.93. The van der Waals surface area contributed by atoms with Crippen molar-refractivity contribution in [3.05, 3.63) is 41.5 Å². The first-order chi connectivity index (χ1) is 9.93. The van der Waals surface area contributed by atoms with Gasteiger partial charge < -0.3 is 16.2 Å². The van der Waals surface area contributed by atoms with Gasteiger partial charge in [-0.25, -0.2) is 0 Å². The molecule has 21 heavy (non-hydrogen) atoms. The summed E-state index contributed by atoms with van der Waals surface area (Å²) in [6.07, 6.45) is 3.16. The van der Waals surface area contributed by atoms with E-state index in [4.69, 9.17) is 10.8 Å². The summed E-state index contributed by atoms with van der Waals surface area (Å²) in [7, 11) is 0. The van der Waals surface area contributed by atoms with Crippen LogP contribution in [-0.2, 0) is 16.0 Å². The fourth-order valence-electron chi connectivity index (χ4n) is 1.88. The zero-order valence-corrected chi connectivity index (χ0v) is 12.4. The Hall–Kier alpha value is -2.14. The zero-order chi connectivity index (χ0) is 15.8. The van der Waals surface area contributed by atoms with Gasteiger partial charge in [0.15, 0.2) is 0 Å². The standard InChI is InChI=1S/C16H22N2O3/c1-3-4-15(18-10-11(2)19)13-7-5-12(6-8-13)9-14(17)16(20)21/h4-8,14,18H,3,9-10,17H2,1-2H3,(H,20,21)/b15-4+. The van der Waals surface area contributed by atoms with Crippen LogP contribution in [0.15, 0.2) is 30.3 Å². The molecule has 0 radical (unpaired) electrons. The Kier molecular flexibility index (Phi) is 6.62. The molecule has 0 aromatic heterocycles. The first kappa shape index (κ1) is 16.9. The molecule has 0 aliphatic heterocycles. The lowest BCUT2D eigenvalue weighted by atomic mass is 10.0. The van der Waals surface area contributed by atoms with Crippen LogP contribution < -0.4 is 11.1 Å². The van der Waals surface area contributed by atoms with Crippen LogP contribution in [0.2, 0.25) is 0 Å². The molecule has 5 heteroatoms. The summed E-state index contributed by atoms with van der Waals surface area (Å²) in [5.74, 6) is -0.935. The van der Waals surface area contributed by atoms with Crippen molar-refractivity contribution in [2.24, 2.45) is 5.73 Å². The minimum absolute atomic E-state index is 0.0704. The van der Waals surface area contributed by atoms with Crippen LogP contribution in [0.5, 0.6) is 0 Å². The Morgan fingerprint density at radius 1 is 1.33 bits per heavy atom. The number of nitrogens with two attached hydrogens (primary N) is 1. The first-order valence-electron chi connectivity index (χ1n) is 6.95. The summed E-state index contributed by atoms with van der Waals surface area (Å²) in [5.41, 5.74) is 8.25. The lowest BCUT2D eigenvalue weighted by Gasteiger charge is -2.12. The van der Waals surface area contributed by atoms with Gasteiger partial charge in [-0.1, -0.05) is 37.3 Å². The highest BCUT2D eigenvalue weighted by Crippen LogP contribution is 2.14. The normalized spacial score (nSPS) is 12.8. The second-order valence-electron chi connectivity index (χ2n) is 4.93. The van der Waals surface area contributed by atoms with E-state index < -0.39 is 12.0 Å². The average Bonchev–Trinajstić information content (AvgIpc) is 2.44. The summed E-state index contributed by atoms with van der Waals surface area (Å²) in [6, 6.07) is 6.63. The molecule has 1 aromatic carbocycles. The highest BCUT2D eigenvalue weighted by molar-refractivity contribution is 5.80. The maximum absolute atomic E-state index is 11.1. The maximum Gasteiger partial charge on any atom is 0.320 e. The molecule has 0 fully saturated rings. The summed E-state index contributed by atoms with van der Waals surface area (Å²) >= 11 is 0. The summed E-state index contributed by atoms with van der Waals surface area (Å²) in [5, 5.41) is 11.9. The molecule has 114 valence electrons. The monoisotopic (exact) mass is 290 g/mol. The van der Waals surface area contributed by atoms with E-state index in [1.807, 2.05) is 37.3 Å². The van der Waals surface area contributed by atoms with Crippen molar-refractivity contribution in [1.29, 1.82) is 0 Å². The molecule has 1 atom stereocenters. The summed E-state index contributed by atoms with van der Waals surface area (Å²) in [6.45, 7) is 3.85. The van der Waals surface area contributed by atoms with Crippen molar-refractivity contribution in [3.8, 4) is 0 Å². The fraction of sp³-hybridized carbons (Fsp3) is 0.375. The highest BCUT2D eigenvalue weighted by Gasteiger charge is 2.12.